The maximum absolute atomic E-state index is 11.5. The van der Waals surface area contributed by atoms with Gasteiger partial charge in [0.25, 0.3) is 0 Å². The van der Waals surface area contributed by atoms with Crippen molar-refractivity contribution in [2.45, 2.75) is 56.6 Å². The summed E-state index contributed by atoms with van der Waals surface area (Å²) in [5, 5.41) is 20.8. The van der Waals surface area contributed by atoms with Crippen molar-refractivity contribution in [3.05, 3.63) is 41.7 Å². The van der Waals surface area contributed by atoms with Crippen LogP contribution in [0.25, 0.3) is 5.57 Å². The van der Waals surface area contributed by atoms with Gasteiger partial charge in [-0.1, -0.05) is 30.3 Å². The highest BCUT2D eigenvalue weighted by molar-refractivity contribution is 5.70. The van der Waals surface area contributed by atoms with Crippen molar-refractivity contribution < 1.29 is 29.2 Å². The molecule has 3 aliphatic heterocycles. The van der Waals surface area contributed by atoms with Gasteiger partial charge in [-0.15, -0.1) is 0 Å². The third-order valence-electron chi connectivity index (χ3n) is 5.00. The Bertz CT molecular complexity index is 670. The van der Waals surface area contributed by atoms with Crippen molar-refractivity contribution in [1.29, 1.82) is 0 Å². The summed E-state index contributed by atoms with van der Waals surface area (Å²) in [5.74, 6) is -0.340. The normalized spacial score (nSPS) is 37.5. The van der Waals surface area contributed by atoms with Crippen molar-refractivity contribution >= 4 is 5.57 Å². The second-order valence-electron chi connectivity index (χ2n) is 7.19. The van der Waals surface area contributed by atoms with Crippen LogP contribution < -0.4 is 0 Å². The van der Waals surface area contributed by atoms with Gasteiger partial charge < -0.3 is 29.2 Å². The molecule has 0 unspecified atom stereocenters. The predicted molar refractivity (Wildman–Crippen MR) is 89.3 cm³/mol. The maximum atomic E-state index is 11.5. The molecule has 3 heterocycles. The van der Waals surface area contributed by atoms with Crippen LogP contribution in [0.4, 0.5) is 0 Å². The molecule has 0 amide bonds. The molecule has 136 valence electrons. The molecular weight excluding hydrogens is 324 g/mol. The van der Waals surface area contributed by atoms with E-state index in [2.05, 4.69) is 0 Å². The number of aliphatic hydroxyl groups is 2. The fourth-order valence-corrected chi connectivity index (χ4v) is 3.91. The number of benzene rings is 1. The molecule has 25 heavy (non-hydrogen) atoms. The molecular formula is C19H24O6. The topological polar surface area (TPSA) is 77.4 Å². The Labute approximate surface area is 147 Å². The van der Waals surface area contributed by atoms with Gasteiger partial charge in [0.15, 0.2) is 23.8 Å². The molecule has 6 nitrogen and oxygen atoms in total. The summed E-state index contributed by atoms with van der Waals surface area (Å²) in [5.41, 5.74) is 0.442. The minimum atomic E-state index is -1.39. The largest absolute Gasteiger partial charge is 0.491 e. The van der Waals surface area contributed by atoms with Gasteiger partial charge in [0.05, 0.1) is 0 Å². The molecule has 0 spiro atoms. The number of aliphatic hydroxyl groups excluding tert-OH is 1. The minimum Gasteiger partial charge on any atom is -0.491 e. The van der Waals surface area contributed by atoms with Crippen LogP contribution in [-0.2, 0) is 18.9 Å². The highest BCUT2D eigenvalue weighted by Crippen LogP contribution is 2.51. The van der Waals surface area contributed by atoms with Crippen LogP contribution in [0, 0.1) is 0 Å². The summed E-state index contributed by atoms with van der Waals surface area (Å²) in [6, 6.07) is 9.77. The summed E-state index contributed by atoms with van der Waals surface area (Å²) < 4.78 is 23.5. The average Bonchev–Trinajstić information content (AvgIpc) is 3.15. The lowest BCUT2D eigenvalue weighted by Gasteiger charge is -2.29. The third-order valence-corrected chi connectivity index (χ3v) is 5.00. The number of hydrogen-bond donors (Lipinski definition) is 2. The lowest BCUT2D eigenvalue weighted by atomic mass is 9.86. The fraction of sp³-hybridized carbons (Fsp3) is 0.579. The van der Waals surface area contributed by atoms with E-state index < -0.39 is 29.9 Å². The summed E-state index contributed by atoms with van der Waals surface area (Å²) in [4.78, 5) is 0. The van der Waals surface area contributed by atoms with Gasteiger partial charge in [0, 0.05) is 12.2 Å². The van der Waals surface area contributed by atoms with Crippen LogP contribution in [0.3, 0.4) is 0 Å². The van der Waals surface area contributed by atoms with Gasteiger partial charge >= 0.3 is 0 Å². The van der Waals surface area contributed by atoms with E-state index in [1.165, 1.54) is 0 Å². The van der Waals surface area contributed by atoms with Crippen molar-refractivity contribution in [2.24, 2.45) is 0 Å². The van der Waals surface area contributed by atoms with Gasteiger partial charge in [0.1, 0.15) is 18.5 Å². The van der Waals surface area contributed by atoms with E-state index in [-0.39, 0.29) is 13.2 Å². The Morgan fingerprint density at radius 3 is 2.68 bits per heavy atom. The summed E-state index contributed by atoms with van der Waals surface area (Å²) in [6.45, 7) is 3.92. The first kappa shape index (κ1) is 17.0. The van der Waals surface area contributed by atoms with E-state index in [4.69, 9.17) is 18.9 Å². The first-order valence-electron chi connectivity index (χ1n) is 8.72. The Hall–Kier alpha value is -1.44. The van der Waals surface area contributed by atoms with E-state index in [1.54, 1.807) is 13.8 Å². The van der Waals surface area contributed by atoms with Crippen LogP contribution in [0.15, 0.2) is 36.1 Å². The molecule has 2 N–H and O–H groups in total. The molecule has 0 radical (unpaired) electrons. The number of hydrogen-bond acceptors (Lipinski definition) is 6. The Morgan fingerprint density at radius 1 is 1.20 bits per heavy atom. The first-order chi connectivity index (χ1) is 12.0. The monoisotopic (exact) mass is 348 g/mol. The molecule has 0 saturated carbocycles. The zero-order valence-corrected chi connectivity index (χ0v) is 14.5. The average molecular weight is 348 g/mol. The van der Waals surface area contributed by atoms with E-state index in [9.17, 15) is 10.2 Å². The Balaban J connectivity index is 1.77. The standard InChI is InChI=1S/C19H24O6/c1-18(2)24-16-17(25-18)23-14-11-22-15(19(14,16)21)13(9-6-10-20)12-7-4-3-5-8-12/h3-5,7-8,14,16-17,20-21H,6,9-11H2,1-2H3/b15-13+/t14-,16+,17-,19+/m1/s1. The molecule has 3 aliphatic rings. The van der Waals surface area contributed by atoms with E-state index in [1.807, 2.05) is 30.3 Å². The second kappa shape index (κ2) is 6.07. The van der Waals surface area contributed by atoms with Gasteiger partial charge in [-0.05, 0) is 32.3 Å². The van der Waals surface area contributed by atoms with Crippen LogP contribution in [0.2, 0.25) is 0 Å². The molecule has 6 heteroatoms. The summed E-state index contributed by atoms with van der Waals surface area (Å²) in [7, 11) is 0. The molecule has 0 aliphatic carbocycles. The van der Waals surface area contributed by atoms with E-state index in [0.717, 1.165) is 11.1 Å². The minimum absolute atomic E-state index is 0.0701. The number of rotatable bonds is 4. The molecule has 4 atom stereocenters. The molecule has 1 aromatic rings. The zero-order valence-electron chi connectivity index (χ0n) is 14.5. The molecule has 1 aromatic carbocycles. The van der Waals surface area contributed by atoms with Gasteiger partial charge in [0.2, 0.25) is 0 Å². The second-order valence-corrected chi connectivity index (χ2v) is 7.19. The van der Waals surface area contributed by atoms with Gasteiger partial charge in [-0.25, -0.2) is 0 Å². The number of ether oxygens (including phenoxy) is 4. The number of fused-ring (bicyclic) bond motifs is 3. The summed E-state index contributed by atoms with van der Waals surface area (Å²) >= 11 is 0. The van der Waals surface area contributed by atoms with Crippen LogP contribution in [-0.4, -0.2) is 53.3 Å². The molecule has 0 bridgehead atoms. The predicted octanol–water partition coefficient (Wildman–Crippen LogP) is 1.81. The Morgan fingerprint density at radius 2 is 1.96 bits per heavy atom. The third kappa shape index (κ3) is 2.69. The van der Waals surface area contributed by atoms with E-state index in [0.29, 0.717) is 18.6 Å². The molecule has 0 aromatic heterocycles. The number of allylic oxidation sites excluding steroid dienone is 1. The van der Waals surface area contributed by atoms with E-state index >= 15 is 0 Å². The highest BCUT2D eigenvalue weighted by atomic mass is 16.8. The quantitative estimate of drug-likeness (QED) is 0.864. The van der Waals surface area contributed by atoms with Crippen LogP contribution in [0.1, 0.15) is 32.3 Å². The lowest BCUT2D eigenvalue weighted by Crippen LogP contribution is -2.47. The highest BCUT2D eigenvalue weighted by Gasteiger charge is 2.68. The van der Waals surface area contributed by atoms with Crippen molar-refractivity contribution in [3.8, 4) is 0 Å². The van der Waals surface area contributed by atoms with Crippen molar-refractivity contribution in [3.63, 3.8) is 0 Å². The molecule has 3 saturated heterocycles. The molecule has 4 rings (SSSR count). The zero-order chi connectivity index (χ0) is 17.7. The maximum Gasteiger partial charge on any atom is 0.191 e. The van der Waals surface area contributed by atoms with Gasteiger partial charge in [-0.3, -0.25) is 0 Å². The lowest BCUT2D eigenvalue weighted by molar-refractivity contribution is -0.219. The SMILES string of the molecule is CC1(C)O[C@H]2O[C@@H]3CO/C(=C(\CCCO)c4ccccc4)[C@]3(O)[C@H]2O1. The van der Waals surface area contributed by atoms with Crippen molar-refractivity contribution in [2.75, 3.05) is 13.2 Å². The Kier molecular flexibility index (Phi) is 4.13. The summed E-state index contributed by atoms with van der Waals surface area (Å²) in [6.07, 6.45) is -0.611. The van der Waals surface area contributed by atoms with Gasteiger partial charge in [-0.2, -0.15) is 0 Å². The van der Waals surface area contributed by atoms with Crippen LogP contribution >= 0.6 is 0 Å². The first-order valence-corrected chi connectivity index (χ1v) is 8.72. The smallest absolute Gasteiger partial charge is 0.191 e. The molecule has 3 fully saturated rings. The fourth-order valence-electron chi connectivity index (χ4n) is 3.91. The van der Waals surface area contributed by atoms with Crippen molar-refractivity contribution in [1.82, 2.24) is 0 Å². The van der Waals surface area contributed by atoms with Crippen LogP contribution in [0.5, 0.6) is 0 Å².